The van der Waals surface area contributed by atoms with Crippen LogP contribution in [-0.4, -0.2) is 76.6 Å². The summed E-state index contributed by atoms with van der Waals surface area (Å²) in [6.45, 7) is 20.6. The number of carbonyl (C=O) groups excluding carboxylic acids is 2. The Kier molecular flexibility index (Phi) is 9.63. The number of fused-ring (bicyclic) bond motifs is 5. The van der Waals surface area contributed by atoms with Crippen molar-refractivity contribution in [1.29, 1.82) is 0 Å². The number of hydrogen-bond donors (Lipinski definition) is 2. The van der Waals surface area contributed by atoms with Crippen molar-refractivity contribution < 1.29 is 38.7 Å². The topological polar surface area (TPSA) is 112 Å². The molecule has 0 aromatic heterocycles. The van der Waals surface area contributed by atoms with Gasteiger partial charge >= 0.3 is 11.9 Å². The summed E-state index contributed by atoms with van der Waals surface area (Å²) >= 11 is 1.58. The minimum absolute atomic E-state index is 0.0102. The van der Waals surface area contributed by atoms with Crippen LogP contribution in [0.1, 0.15) is 92.4 Å². The Morgan fingerprint density at radius 2 is 1.68 bits per heavy atom. The summed E-state index contributed by atoms with van der Waals surface area (Å²) in [5.41, 5.74) is -3.20. The van der Waals surface area contributed by atoms with Gasteiger partial charge in [0.05, 0.1) is 36.2 Å². The Bertz CT molecular complexity index is 1390. The van der Waals surface area contributed by atoms with Crippen LogP contribution < -0.4 is 0 Å². The molecule has 9 heteroatoms. The average molecular weight is 673 g/mol. The third kappa shape index (κ3) is 5.33. The van der Waals surface area contributed by atoms with Crippen LogP contribution in [0.3, 0.4) is 0 Å². The summed E-state index contributed by atoms with van der Waals surface area (Å²) in [4.78, 5) is 27.6. The number of ether oxygens (including phenoxy) is 4. The van der Waals surface area contributed by atoms with E-state index in [9.17, 15) is 19.8 Å². The average Bonchev–Trinajstić information content (AvgIpc) is 3.01. The van der Waals surface area contributed by atoms with Crippen molar-refractivity contribution in [3.8, 4) is 0 Å². The molecular weight excluding hydrogens is 616 g/mol. The van der Waals surface area contributed by atoms with Gasteiger partial charge in [0.15, 0.2) is 0 Å². The molecule has 0 spiro atoms. The molecular formula is C38H56O8S. The highest BCUT2D eigenvalue weighted by molar-refractivity contribution is 7.98. The summed E-state index contributed by atoms with van der Waals surface area (Å²) in [5.74, 6) is -1.66. The molecule has 2 bridgehead atoms. The van der Waals surface area contributed by atoms with Gasteiger partial charge in [0.1, 0.15) is 23.4 Å². The van der Waals surface area contributed by atoms with Crippen molar-refractivity contribution in [2.24, 2.45) is 39.9 Å². The van der Waals surface area contributed by atoms with E-state index in [1.54, 1.807) is 36.0 Å². The van der Waals surface area contributed by atoms with E-state index >= 15 is 0 Å². The summed E-state index contributed by atoms with van der Waals surface area (Å²) in [7, 11) is 0. The standard InChI is InChI=1S/C38H56O8S/c1-21(2)22(3)32(39)45-26-18-38(42)31(46-33(40)25-15-13-12-14-16-25)30-36(10,27(44-20-47-11)17-28-37(30,41)19-43-28)34(6,7)24(5)29(23(26)4)35(38,8)9/h12-16,21-22,24,26-28,30-31,41-42H,17-20H2,1-11H3/t22-,24-,26?,27?,28?,30?,31?,36-,37+,38?/m1/s1. The highest BCUT2D eigenvalue weighted by atomic mass is 32.2. The van der Waals surface area contributed by atoms with Gasteiger partial charge in [-0.1, -0.05) is 86.1 Å². The van der Waals surface area contributed by atoms with Gasteiger partial charge in [0, 0.05) is 29.6 Å². The first-order valence-corrected chi connectivity index (χ1v) is 18.5. The number of hydrogen-bond acceptors (Lipinski definition) is 9. The number of esters is 2. The number of benzene rings is 1. The van der Waals surface area contributed by atoms with E-state index in [-0.39, 0.29) is 42.9 Å². The summed E-state index contributed by atoms with van der Waals surface area (Å²) in [5, 5.41) is 26.2. The van der Waals surface area contributed by atoms with Crippen LogP contribution in [0, 0.1) is 39.9 Å². The molecule has 2 saturated carbocycles. The normalized spacial score (nSPS) is 39.4. The van der Waals surface area contributed by atoms with E-state index in [2.05, 4.69) is 27.7 Å². The molecule has 0 radical (unpaired) electrons. The molecule has 5 rings (SSSR count). The van der Waals surface area contributed by atoms with Crippen molar-refractivity contribution in [2.45, 2.75) is 118 Å². The van der Waals surface area contributed by atoms with Crippen LogP contribution in [0.5, 0.6) is 0 Å². The van der Waals surface area contributed by atoms with Crippen LogP contribution in [0.4, 0.5) is 0 Å². The van der Waals surface area contributed by atoms with Crippen LogP contribution in [0.15, 0.2) is 41.5 Å². The largest absolute Gasteiger partial charge is 0.458 e. The lowest BCUT2D eigenvalue weighted by Gasteiger charge is -2.72. The van der Waals surface area contributed by atoms with Gasteiger partial charge in [-0.3, -0.25) is 4.79 Å². The molecule has 0 amide bonds. The first kappa shape index (κ1) is 36.4. The zero-order chi connectivity index (χ0) is 34.9. The van der Waals surface area contributed by atoms with Crippen molar-refractivity contribution in [3.05, 3.63) is 47.0 Å². The molecule has 4 aliphatic rings. The van der Waals surface area contributed by atoms with Gasteiger partial charge in [0.2, 0.25) is 0 Å². The van der Waals surface area contributed by atoms with Crippen molar-refractivity contribution in [3.63, 3.8) is 0 Å². The number of aliphatic hydroxyl groups is 2. The lowest BCUT2D eigenvalue weighted by atomic mass is 9.38. The summed E-state index contributed by atoms with van der Waals surface area (Å²) in [6, 6.07) is 8.75. The zero-order valence-electron chi connectivity index (χ0n) is 30.1. The van der Waals surface area contributed by atoms with Gasteiger partial charge in [-0.05, 0) is 48.1 Å². The Morgan fingerprint density at radius 3 is 2.23 bits per heavy atom. The fourth-order valence-corrected chi connectivity index (χ4v) is 9.80. The molecule has 3 fully saturated rings. The Hall–Kier alpha value is -1.91. The van der Waals surface area contributed by atoms with E-state index in [0.717, 1.165) is 11.1 Å². The minimum Gasteiger partial charge on any atom is -0.458 e. The second-order valence-electron chi connectivity index (χ2n) is 16.3. The smallest absolute Gasteiger partial charge is 0.338 e. The summed E-state index contributed by atoms with van der Waals surface area (Å²) in [6.07, 6.45) is -0.390. The molecule has 1 saturated heterocycles. The SMILES string of the molecule is CSCOC1CC2OC[C@@]2(O)C2C(OC(=O)c3ccccc3)C3(O)CC(OC(=O)[C@H](C)C(C)C)C(C)=C([C@@H](C)C(C)(C)[C@]12C)C3(C)C. The van der Waals surface area contributed by atoms with Gasteiger partial charge < -0.3 is 29.2 Å². The zero-order valence-corrected chi connectivity index (χ0v) is 30.9. The highest BCUT2D eigenvalue weighted by Gasteiger charge is 2.77. The molecule has 1 aliphatic heterocycles. The molecule has 262 valence electrons. The predicted octanol–water partition coefficient (Wildman–Crippen LogP) is 6.43. The quantitative estimate of drug-likeness (QED) is 0.183. The van der Waals surface area contributed by atoms with E-state index in [1.807, 2.05) is 53.9 Å². The number of rotatable bonds is 8. The second-order valence-corrected chi connectivity index (χ2v) is 17.1. The van der Waals surface area contributed by atoms with Crippen LogP contribution in [0.2, 0.25) is 0 Å². The minimum atomic E-state index is -1.74. The highest BCUT2D eigenvalue weighted by Crippen LogP contribution is 2.70. The first-order valence-electron chi connectivity index (χ1n) is 17.1. The molecule has 6 unspecified atom stereocenters. The molecule has 1 heterocycles. The maximum Gasteiger partial charge on any atom is 0.338 e. The molecule has 3 aliphatic carbocycles. The predicted molar refractivity (Wildman–Crippen MR) is 183 cm³/mol. The second kappa shape index (κ2) is 12.4. The monoisotopic (exact) mass is 672 g/mol. The van der Waals surface area contributed by atoms with E-state index in [0.29, 0.717) is 17.9 Å². The fraction of sp³-hybridized carbons (Fsp3) is 0.737. The molecule has 47 heavy (non-hydrogen) atoms. The van der Waals surface area contributed by atoms with E-state index < -0.39 is 57.6 Å². The van der Waals surface area contributed by atoms with Gasteiger partial charge in [0.25, 0.3) is 0 Å². The van der Waals surface area contributed by atoms with Crippen LogP contribution in [-0.2, 0) is 23.7 Å². The molecule has 1 aromatic carbocycles. The fourth-order valence-electron chi connectivity index (χ4n) is 9.50. The van der Waals surface area contributed by atoms with E-state index in [1.165, 1.54) is 0 Å². The first-order chi connectivity index (χ1) is 21.8. The van der Waals surface area contributed by atoms with Crippen LogP contribution in [0.25, 0.3) is 0 Å². The maximum atomic E-state index is 14.1. The van der Waals surface area contributed by atoms with E-state index in [4.69, 9.17) is 18.9 Å². The molecule has 10 atom stereocenters. The van der Waals surface area contributed by atoms with Gasteiger partial charge in [-0.2, -0.15) is 0 Å². The van der Waals surface area contributed by atoms with Gasteiger partial charge in [-0.25, -0.2) is 4.79 Å². The summed E-state index contributed by atoms with van der Waals surface area (Å²) < 4.78 is 25.6. The Balaban J connectivity index is 1.79. The Labute approximate surface area is 285 Å². The molecule has 8 nitrogen and oxygen atoms in total. The molecule has 2 N–H and O–H groups in total. The van der Waals surface area contributed by atoms with Crippen molar-refractivity contribution in [2.75, 3.05) is 18.8 Å². The molecule has 1 aromatic rings. The third-order valence-corrected chi connectivity index (χ3v) is 13.8. The lowest BCUT2D eigenvalue weighted by molar-refractivity contribution is -0.368. The van der Waals surface area contributed by atoms with Crippen molar-refractivity contribution in [1.82, 2.24) is 0 Å². The third-order valence-electron chi connectivity index (χ3n) is 13.5. The lowest BCUT2D eigenvalue weighted by Crippen LogP contribution is -2.81. The van der Waals surface area contributed by atoms with Crippen molar-refractivity contribution >= 4 is 23.7 Å². The number of thioether (sulfide) groups is 1. The Morgan fingerprint density at radius 1 is 1.04 bits per heavy atom. The van der Waals surface area contributed by atoms with Crippen LogP contribution >= 0.6 is 11.8 Å². The maximum absolute atomic E-state index is 14.1. The number of carbonyl (C=O) groups is 2. The van der Waals surface area contributed by atoms with Gasteiger partial charge in [-0.15, -0.1) is 11.8 Å².